The molecule has 0 saturated heterocycles. The number of benzene rings is 2. The summed E-state index contributed by atoms with van der Waals surface area (Å²) in [7, 11) is 0. The molecule has 5 aromatic rings. The molecule has 3 heterocycles. The highest BCUT2D eigenvalue weighted by Crippen LogP contribution is 2.35. The molecule has 0 aliphatic carbocycles. The summed E-state index contributed by atoms with van der Waals surface area (Å²) in [5.41, 5.74) is 18.8. The molecule has 3 aromatic heterocycles. The molecule has 2 aromatic carbocycles. The third-order valence-electron chi connectivity index (χ3n) is 5.48. The molecule has 5 rings (SSSR count). The first-order chi connectivity index (χ1) is 16.8. The van der Waals surface area contributed by atoms with Crippen molar-refractivity contribution in [1.82, 2.24) is 19.9 Å². The van der Waals surface area contributed by atoms with Crippen LogP contribution in [0.2, 0.25) is 5.15 Å². The number of nitrogens with two attached hydrogens (primary N) is 2. The summed E-state index contributed by atoms with van der Waals surface area (Å²) in [6.45, 7) is 3.84. The van der Waals surface area contributed by atoms with Gasteiger partial charge in [-0.25, -0.2) is 0 Å². The summed E-state index contributed by atoms with van der Waals surface area (Å²) < 4.78 is 0. The largest absolute Gasteiger partial charge is 0.398 e. The van der Waals surface area contributed by atoms with Crippen LogP contribution in [0.3, 0.4) is 0 Å². The fraction of sp³-hybridized carbons (Fsp3) is 0.120. The van der Waals surface area contributed by atoms with Crippen molar-refractivity contribution >= 4 is 79.7 Å². The molecule has 0 fully saturated rings. The average Bonchev–Trinajstić information content (AvgIpc) is 2.80. The zero-order chi connectivity index (χ0) is 24.7. The van der Waals surface area contributed by atoms with E-state index in [4.69, 9.17) is 28.1 Å². The summed E-state index contributed by atoms with van der Waals surface area (Å²) in [6.07, 6.45) is 1.93. The van der Waals surface area contributed by atoms with Gasteiger partial charge in [0, 0.05) is 44.9 Å². The van der Waals surface area contributed by atoms with Crippen molar-refractivity contribution in [2.24, 2.45) is 0 Å². The summed E-state index contributed by atoms with van der Waals surface area (Å²) in [4.78, 5) is 18.9. The second-order valence-corrected chi connectivity index (χ2v) is 9.31. The predicted molar refractivity (Wildman–Crippen MR) is 147 cm³/mol. The van der Waals surface area contributed by atoms with Gasteiger partial charge in [-0.3, -0.25) is 9.97 Å². The molecule has 0 atom stereocenters. The van der Waals surface area contributed by atoms with Gasteiger partial charge in [0.1, 0.15) is 5.15 Å². The number of hydrogen-bond donors (Lipinski definition) is 4. The molecule has 0 amide bonds. The normalized spacial score (nSPS) is 11.2. The number of fused-ring (bicyclic) bond motifs is 2. The maximum absolute atomic E-state index is 6.53. The monoisotopic (exact) mass is 502 g/mol. The highest BCUT2D eigenvalue weighted by Gasteiger charge is 2.14. The minimum absolute atomic E-state index is 0.340. The van der Waals surface area contributed by atoms with Gasteiger partial charge in [0.15, 0.2) is 5.82 Å². The van der Waals surface area contributed by atoms with Crippen LogP contribution in [0, 0.1) is 13.8 Å². The van der Waals surface area contributed by atoms with Crippen LogP contribution in [-0.2, 0) is 0 Å². The Morgan fingerprint density at radius 3 is 1.83 bits per heavy atom. The zero-order valence-electron chi connectivity index (χ0n) is 19.3. The van der Waals surface area contributed by atoms with Crippen LogP contribution in [-0.4, -0.2) is 26.2 Å². The topological polar surface area (TPSA) is 128 Å². The van der Waals surface area contributed by atoms with E-state index in [0.717, 1.165) is 49.5 Å². The maximum atomic E-state index is 6.53. The van der Waals surface area contributed by atoms with Gasteiger partial charge in [0.05, 0.1) is 15.9 Å². The molecule has 176 valence electrons. The Bertz CT molecular complexity index is 1600. The van der Waals surface area contributed by atoms with Gasteiger partial charge < -0.3 is 22.1 Å². The molecule has 0 radical (unpaired) electrons. The van der Waals surface area contributed by atoms with E-state index in [-0.39, 0.29) is 0 Å². The van der Waals surface area contributed by atoms with Crippen LogP contribution in [0.4, 0.5) is 34.5 Å². The van der Waals surface area contributed by atoms with E-state index in [1.54, 1.807) is 0 Å². The molecule has 0 unspecified atom stereocenters. The Hall–Kier alpha value is -3.82. The lowest BCUT2D eigenvalue weighted by Crippen LogP contribution is -2.04. The Balaban J connectivity index is 1.50. The molecular formula is C25H23ClN8S. The predicted octanol–water partition coefficient (Wildman–Crippen LogP) is 6.22. The molecular weight excluding hydrogens is 480 g/mol. The number of pyridine rings is 2. The third kappa shape index (κ3) is 4.60. The number of nitrogen functional groups attached to an aromatic ring is 2. The summed E-state index contributed by atoms with van der Waals surface area (Å²) in [5.74, 6) is 0.932. The van der Waals surface area contributed by atoms with E-state index in [0.29, 0.717) is 28.3 Å². The van der Waals surface area contributed by atoms with E-state index in [1.165, 1.54) is 11.8 Å². The fourth-order valence-electron chi connectivity index (χ4n) is 3.95. The van der Waals surface area contributed by atoms with Crippen molar-refractivity contribution in [1.29, 1.82) is 0 Å². The van der Waals surface area contributed by atoms with Crippen molar-refractivity contribution < 1.29 is 0 Å². The fourth-order valence-corrected chi connectivity index (χ4v) is 4.85. The van der Waals surface area contributed by atoms with E-state index in [9.17, 15) is 0 Å². The van der Waals surface area contributed by atoms with Gasteiger partial charge in [-0.1, -0.05) is 11.6 Å². The number of aryl methyl sites for hydroxylation is 2. The highest BCUT2D eigenvalue weighted by molar-refractivity contribution is 7.98. The lowest BCUT2D eigenvalue weighted by atomic mass is 10.1. The zero-order valence-corrected chi connectivity index (χ0v) is 20.9. The van der Waals surface area contributed by atoms with Crippen LogP contribution in [0.5, 0.6) is 0 Å². The van der Waals surface area contributed by atoms with E-state index in [2.05, 4.69) is 25.6 Å². The van der Waals surface area contributed by atoms with Gasteiger partial charge in [0.25, 0.3) is 0 Å². The number of thioether (sulfide) groups is 1. The lowest BCUT2D eigenvalue weighted by molar-refractivity contribution is 1.11. The molecule has 6 N–H and O–H groups in total. The molecule has 8 nitrogen and oxygen atoms in total. The molecule has 0 bridgehead atoms. The lowest BCUT2D eigenvalue weighted by Gasteiger charge is -2.14. The number of nitrogens with zero attached hydrogens (tertiary/aromatic N) is 4. The Labute approximate surface area is 211 Å². The van der Waals surface area contributed by atoms with E-state index in [1.807, 2.05) is 68.6 Å². The molecule has 0 aliphatic rings. The number of anilines is 6. The number of halogens is 1. The molecule has 10 heteroatoms. The summed E-state index contributed by atoms with van der Waals surface area (Å²) in [6, 6.07) is 15.3. The van der Waals surface area contributed by atoms with Crippen LogP contribution < -0.4 is 22.1 Å². The van der Waals surface area contributed by atoms with Gasteiger partial charge in [0.2, 0.25) is 5.95 Å². The second kappa shape index (κ2) is 9.09. The van der Waals surface area contributed by atoms with Crippen molar-refractivity contribution in [3.8, 4) is 0 Å². The number of rotatable bonds is 5. The first kappa shape index (κ1) is 22.9. The van der Waals surface area contributed by atoms with Gasteiger partial charge >= 0.3 is 0 Å². The molecule has 0 spiro atoms. The van der Waals surface area contributed by atoms with Gasteiger partial charge in [-0.2, -0.15) is 9.97 Å². The summed E-state index contributed by atoms with van der Waals surface area (Å²) in [5, 5.41) is 8.65. The van der Waals surface area contributed by atoms with Crippen LogP contribution in [0.25, 0.3) is 21.8 Å². The molecule has 0 aliphatic heterocycles. The van der Waals surface area contributed by atoms with Gasteiger partial charge in [-0.05, 0) is 68.6 Å². The third-order valence-corrected chi connectivity index (χ3v) is 6.67. The van der Waals surface area contributed by atoms with E-state index < -0.39 is 0 Å². The van der Waals surface area contributed by atoms with Crippen molar-refractivity contribution in [3.63, 3.8) is 0 Å². The van der Waals surface area contributed by atoms with Crippen molar-refractivity contribution in [3.05, 3.63) is 65.1 Å². The van der Waals surface area contributed by atoms with Gasteiger partial charge in [-0.15, -0.1) is 11.8 Å². The first-order valence-corrected chi connectivity index (χ1v) is 12.4. The van der Waals surface area contributed by atoms with Crippen molar-refractivity contribution in [2.45, 2.75) is 18.7 Å². The van der Waals surface area contributed by atoms with Crippen LogP contribution in [0.15, 0.2) is 53.4 Å². The summed E-state index contributed by atoms with van der Waals surface area (Å²) >= 11 is 7.99. The Kier molecular flexibility index (Phi) is 5.96. The van der Waals surface area contributed by atoms with Crippen molar-refractivity contribution in [2.75, 3.05) is 28.4 Å². The quantitative estimate of drug-likeness (QED) is 0.163. The standard InChI is InChI=1S/C25H23ClN8S/c1-12-8-18(27)16-10-14(4-6-20(16)29-12)31-24-22(35-3)23(26)33-25(34-24)32-15-5-7-21-17(11-15)19(28)9-13(2)30-21/h4-11H,1-3H3,(H2,27,29)(H2,28,30)(H2,31,32,33,34). The number of nitrogens with one attached hydrogen (secondary N) is 2. The smallest absolute Gasteiger partial charge is 0.230 e. The minimum atomic E-state index is 0.340. The first-order valence-electron chi connectivity index (χ1n) is 10.8. The average molecular weight is 503 g/mol. The Morgan fingerprint density at radius 2 is 1.29 bits per heavy atom. The van der Waals surface area contributed by atoms with Crippen LogP contribution in [0.1, 0.15) is 11.4 Å². The molecule has 0 saturated carbocycles. The maximum Gasteiger partial charge on any atom is 0.230 e. The van der Waals surface area contributed by atoms with E-state index >= 15 is 0 Å². The SMILES string of the molecule is CSc1c(Cl)nc(Nc2ccc3nc(C)cc(N)c3c2)nc1Nc1ccc2nc(C)cc(N)c2c1. The van der Waals surface area contributed by atoms with Crippen LogP contribution >= 0.6 is 23.4 Å². The second-order valence-electron chi connectivity index (χ2n) is 8.14. The number of hydrogen-bond acceptors (Lipinski definition) is 9. The minimum Gasteiger partial charge on any atom is -0.398 e. The highest BCUT2D eigenvalue weighted by atomic mass is 35.5. The number of aromatic nitrogens is 4. The molecule has 35 heavy (non-hydrogen) atoms. The Morgan fingerprint density at radius 1 is 0.743 bits per heavy atom.